The molecule has 1 unspecified atom stereocenters. The van der Waals surface area contributed by atoms with Crippen molar-refractivity contribution in [2.24, 2.45) is 5.73 Å². The van der Waals surface area contributed by atoms with Gasteiger partial charge in [-0.3, -0.25) is 0 Å². The highest BCUT2D eigenvalue weighted by Gasteiger charge is 2.43. The fourth-order valence-electron chi connectivity index (χ4n) is 2.51. The van der Waals surface area contributed by atoms with Crippen LogP contribution in [0.4, 0.5) is 4.39 Å². The van der Waals surface area contributed by atoms with Crippen molar-refractivity contribution in [1.82, 2.24) is 4.90 Å². The van der Waals surface area contributed by atoms with Gasteiger partial charge >= 0.3 is 0 Å². The number of nitrogens with two attached hydrogens (primary N) is 1. The molecule has 0 radical (unpaired) electrons. The van der Waals surface area contributed by atoms with E-state index < -0.39 is 15.5 Å². The lowest BCUT2D eigenvalue weighted by Gasteiger charge is -2.33. The van der Waals surface area contributed by atoms with Crippen molar-refractivity contribution in [2.45, 2.75) is 31.0 Å². The highest BCUT2D eigenvalue weighted by Crippen LogP contribution is 2.29. The first kappa shape index (κ1) is 18.4. The van der Waals surface area contributed by atoms with Crippen molar-refractivity contribution in [2.75, 3.05) is 31.1 Å². The molecule has 2 fully saturated rings. The number of hydrogen-bond donors (Lipinski definition) is 1. The molecular formula is C10H21Cl2FN2O2S. The molecule has 2 aliphatic heterocycles. The largest absolute Gasteiger partial charge is 0.328 e. The first-order valence-electron chi connectivity index (χ1n) is 5.76. The SMILES string of the molecule is Cl.Cl.NC1CCN(CC2(F)CCS(=O)(=O)C2)CC1. The third-order valence-electron chi connectivity index (χ3n) is 3.48. The van der Waals surface area contributed by atoms with Crippen LogP contribution in [0.25, 0.3) is 0 Å². The van der Waals surface area contributed by atoms with Crippen LogP contribution < -0.4 is 5.73 Å². The molecular weight excluding hydrogens is 302 g/mol. The standard InChI is InChI=1S/C10H19FN2O2S.2ClH/c11-10(3-6-16(14,15)8-10)7-13-4-1-9(12)2-5-13;;/h9H,1-8,12H2;2*1H. The molecule has 0 aromatic carbocycles. The van der Waals surface area contributed by atoms with Crippen molar-refractivity contribution >= 4 is 34.7 Å². The van der Waals surface area contributed by atoms with Gasteiger partial charge < -0.3 is 10.6 Å². The van der Waals surface area contributed by atoms with Gasteiger partial charge in [-0.25, -0.2) is 12.8 Å². The van der Waals surface area contributed by atoms with Crippen molar-refractivity contribution in [3.05, 3.63) is 0 Å². The fourth-order valence-corrected chi connectivity index (χ4v) is 4.36. The van der Waals surface area contributed by atoms with E-state index in [2.05, 4.69) is 0 Å². The average Bonchev–Trinajstić information content (AvgIpc) is 2.45. The molecule has 0 saturated carbocycles. The zero-order valence-electron chi connectivity index (χ0n) is 10.2. The first-order chi connectivity index (χ1) is 7.39. The van der Waals surface area contributed by atoms with Gasteiger partial charge in [0.15, 0.2) is 9.84 Å². The second-order valence-electron chi connectivity index (χ2n) is 5.11. The van der Waals surface area contributed by atoms with E-state index in [9.17, 15) is 12.8 Å². The summed E-state index contributed by atoms with van der Waals surface area (Å²) < 4.78 is 36.8. The van der Waals surface area contributed by atoms with E-state index in [0.29, 0.717) is 0 Å². The molecule has 0 aromatic heterocycles. The van der Waals surface area contributed by atoms with Gasteiger partial charge in [0.2, 0.25) is 0 Å². The van der Waals surface area contributed by atoms with Crippen LogP contribution in [0.15, 0.2) is 0 Å². The maximum atomic E-state index is 14.2. The molecule has 2 rings (SSSR count). The number of halogens is 3. The van der Waals surface area contributed by atoms with Gasteiger partial charge in [-0.1, -0.05) is 0 Å². The summed E-state index contributed by atoms with van der Waals surface area (Å²) in [5.41, 5.74) is 4.24. The van der Waals surface area contributed by atoms with E-state index >= 15 is 0 Å². The lowest BCUT2D eigenvalue weighted by molar-refractivity contribution is 0.0972. The number of sulfone groups is 1. The summed E-state index contributed by atoms with van der Waals surface area (Å²) in [6.45, 7) is 1.82. The topological polar surface area (TPSA) is 63.4 Å². The Hall–Kier alpha value is 0.380. The Morgan fingerprint density at radius 2 is 1.83 bits per heavy atom. The lowest BCUT2D eigenvalue weighted by atomic mass is 10.0. The van der Waals surface area contributed by atoms with E-state index in [4.69, 9.17) is 5.73 Å². The smallest absolute Gasteiger partial charge is 0.153 e. The average molecular weight is 323 g/mol. The molecule has 8 heteroatoms. The van der Waals surface area contributed by atoms with Gasteiger partial charge in [-0.2, -0.15) is 0 Å². The summed E-state index contributed by atoms with van der Waals surface area (Å²) >= 11 is 0. The Labute approximate surface area is 120 Å². The molecule has 110 valence electrons. The molecule has 0 aromatic rings. The summed E-state index contributed by atoms with van der Waals surface area (Å²) in [5.74, 6) is -0.306. The Balaban J connectivity index is 0.00000144. The van der Waals surface area contributed by atoms with Crippen LogP contribution in [-0.2, 0) is 9.84 Å². The van der Waals surface area contributed by atoms with Gasteiger partial charge in [0.25, 0.3) is 0 Å². The summed E-state index contributed by atoms with van der Waals surface area (Å²) in [4.78, 5) is 2.00. The molecule has 4 nitrogen and oxygen atoms in total. The molecule has 0 spiro atoms. The zero-order chi connectivity index (χ0) is 11.8. The maximum Gasteiger partial charge on any atom is 0.153 e. The molecule has 2 N–H and O–H groups in total. The highest BCUT2D eigenvalue weighted by molar-refractivity contribution is 7.91. The zero-order valence-corrected chi connectivity index (χ0v) is 12.6. The Kier molecular flexibility index (Phi) is 6.84. The maximum absolute atomic E-state index is 14.2. The second kappa shape index (κ2) is 6.70. The van der Waals surface area contributed by atoms with Crippen molar-refractivity contribution < 1.29 is 12.8 Å². The molecule has 2 saturated heterocycles. The van der Waals surface area contributed by atoms with Crippen LogP contribution in [0.5, 0.6) is 0 Å². The van der Waals surface area contributed by atoms with Crippen molar-refractivity contribution in [3.8, 4) is 0 Å². The van der Waals surface area contributed by atoms with E-state index in [-0.39, 0.29) is 55.3 Å². The fraction of sp³-hybridized carbons (Fsp3) is 1.00. The third kappa shape index (κ3) is 4.81. The van der Waals surface area contributed by atoms with E-state index in [1.807, 2.05) is 4.90 Å². The molecule has 2 heterocycles. The van der Waals surface area contributed by atoms with Crippen LogP contribution >= 0.6 is 24.8 Å². The number of rotatable bonds is 2. The number of nitrogens with zero attached hydrogens (tertiary/aromatic N) is 1. The predicted octanol–water partition coefficient (Wildman–Crippen LogP) is 0.780. The summed E-state index contributed by atoms with van der Waals surface area (Å²) in [5, 5.41) is 0. The Bertz CT molecular complexity index is 361. The molecule has 0 amide bonds. The van der Waals surface area contributed by atoms with Crippen LogP contribution in [0, 0.1) is 0 Å². The van der Waals surface area contributed by atoms with Crippen molar-refractivity contribution in [1.29, 1.82) is 0 Å². The molecule has 0 aliphatic carbocycles. The predicted molar refractivity (Wildman–Crippen MR) is 75.3 cm³/mol. The Morgan fingerprint density at radius 3 is 2.28 bits per heavy atom. The quantitative estimate of drug-likeness (QED) is 0.816. The van der Waals surface area contributed by atoms with Crippen LogP contribution in [0.1, 0.15) is 19.3 Å². The van der Waals surface area contributed by atoms with Crippen LogP contribution in [0.2, 0.25) is 0 Å². The molecule has 0 bridgehead atoms. The minimum atomic E-state index is -3.14. The van der Waals surface area contributed by atoms with E-state index in [1.165, 1.54) is 0 Å². The van der Waals surface area contributed by atoms with E-state index in [0.717, 1.165) is 25.9 Å². The second-order valence-corrected chi connectivity index (χ2v) is 7.29. The summed E-state index contributed by atoms with van der Waals surface area (Å²) in [6.07, 6.45) is 1.91. The van der Waals surface area contributed by atoms with Crippen molar-refractivity contribution in [3.63, 3.8) is 0 Å². The van der Waals surface area contributed by atoms with Gasteiger partial charge in [0.05, 0.1) is 11.5 Å². The summed E-state index contributed by atoms with van der Waals surface area (Å²) in [6, 6.07) is 0.221. The highest BCUT2D eigenvalue weighted by atomic mass is 35.5. The molecule has 2 aliphatic rings. The first-order valence-corrected chi connectivity index (χ1v) is 7.58. The Morgan fingerprint density at radius 1 is 1.28 bits per heavy atom. The number of likely N-dealkylation sites (tertiary alicyclic amines) is 1. The molecule has 18 heavy (non-hydrogen) atoms. The monoisotopic (exact) mass is 322 g/mol. The number of piperidine rings is 1. The minimum absolute atomic E-state index is 0. The third-order valence-corrected chi connectivity index (χ3v) is 5.26. The van der Waals surface area contributed by atoms with Crippen LogP contribution in [-0.4, -0.2) is 56.2 Å². The normalized spacial score (nSPS) is 32.6. The minimum Gasteiger partial charge on any atom is -0.328 e. The van der Waals surface area contributed by atoms with Crippen LogP contribution in [0.3, 0.4) is 0 Å². The van der Waals surface area contributed by atoms with Gasteiger partial charge in [0.1, 0.15) is 5.67 Å². The lowest BCUT2D eigenvalue weighted by Crippen LogP contribution is -2.46. The molecule has 1 atom stereocenters. The number of hydrogen-bond acceptors (Lipinski definition) is 4. The summed E-state index contributed by atoms with van der Waals surface area (Å²) in [7, 11) is -3.14. The van der Waals surface area contributed by atoms with Gasteiger partial charge in [-0.15, -0.1) is 24.8 Å². The van der Waals surface area contributed by atoms with Gasteiger partial charge in [-0.05, 0) is 32.4 Å². The van der Waals surface area contributed by atoms with E-state index in [1.54, 1.807) is 0 Å². The van der Waals surface area contributed by atoms with Gasteiger partial charge in [0, 0.05) is 12.6 Å². The number of alkyl halides is 1.